The predicted octanol–water partition coefficient (Wildman–Crippen LogP) is 0.957. The van der Waals surface area contributed by atoms with Crippen molar-refractivity contribution in [3.63, 3.8) is 0 Å². The molecule has 1 fully saturated rings. The number of phenols is 2. The molecule has 1 aromatic carbocycles. The van der Waals surface area contributed by atoms with Gasteiger partial charge in [-0.25, -0.2) is 0 Å². The van der Waals surface area contributed by atoms with Crippen molar-refractivity contribution in [2.75, 3.05) is 13.1 Å². The number of phenolic OH excluding ortho intramolecular Hbond substituents is 2. The molecule has 1 aromatic rings. The lowest BCUT2D eigenvalue weighted by molar-refractivity contribution is 0.0943. The lowest BCUT2D eigenvalue weighted by Crippen LogP contribution is -2.31. The average molecular weight is 250 g/mol. The van der Waals surface area contributed by atoms with E-state index in [1.807, 2.05) is 0 Å². The molecule has 18 heavy (non-hydrogen) atoms. The lowest BCUT2D eigenvalue weighted by atomic mass is 10.0. The van der Waals surface area contributed by atoms with Crippen molar-refractivity contribution in [3.8, 4) is 11.5 Å². The summed E-state index contributed by atoms with van der Waals surface area (Å²) in [7, 11) is 0. The molecule has 1 aliphatic carbocycles. The number of nitrogens with two attached hydrogens (primary N) is 1. The van der Waals surface area contributed by atoms with Crippen LogP contribution in [0.25, 0.3) is 0 Å². The van der Waals surface area contributed by atoms with Gasteiger partial charge in [0.15, 0.2) is 0 Å². The van der Waals surface area contributed by atoms with Crippen LogP contribution >= 0.6 is 0 Å². The van der Waals surface area contributed by atoms with Crippen molar-refractivity contribution in [3.05, 3.63) is 23.8 Å². The minimum Gasteiger partial charge on any atom is -0.508 e. The highest BCUT2D eigenvalue weighted by Gasteiger charge is 2.41. The van der Waals surface area contributed by atoms with Crippen LogP contribution in [-0.2, 0) is 0 Å². The molecule has 1 saturated carbocycles. The van der Waals surface area contributed by atoms with Gasteiger partial charge >= 0.3 is 0 Å². The Bertz CT molecular complexity index is 435. The normalized spacial score (nSPS) is 16.3. The maximum absolute atomic E-state index is 11.9. The second-order valence-electron chi connectivity index (χ2n) is 4.96. The molecule has 0 atom stereocenters. The van der Waals surface area contributed by atoms with Crippen LogP contribution < -0.4 is 11.1 Å². The van der Waals surface area contributed by atoms with Crippen LogP contribution in [0.5, 0.6) is 11.5 Å². The van der Waals surface area contributed by atoms with E-state index in [9.17, 15) is 15.0 Å². The molecule has 0 unspecified atom stereocenters. The summed E-state index contributed by atoms with van der Waals surface area (Å²) >= 11 is 0. The van der Waals surface area contributed by atoms with E-state index >= 15 is 0 Å². The third-order valence-corrected chi connectivity index (χ3v) is 3.42. The number of carbonyl (C=O) groups is 1. The van der Waals surface area contributed by atoms with E-state index in [-0.39, 0.29) is 28.4 Å². The number of aromatic hydroxyl groups is 2. The standard InChI is InChI=1S/C13H18N2O3/c14-4-3-13(1-2-13)8-15-12(18)9-5-10(16)7-11(17)6-9/h5-7,16-17H,1-4,8,14H2,(H,15,18). The number of hydrogen-bond donors (Lipinski definition) is 4. The van der Waals surface area contributed by atoms with Gasteiger partial charge in [-0.3, -0.25) is 4.79 Å². The molecule has 98 valence electrons. The van der Waals surface area contributed by atoms with E-state index in [2.05, 4.69) is 5.32 Å². The van der Waals surface area contributed by atoms with E-state index in [0.29, 0.717) is 13.1 Å². The van der Waals surface area contributed by atoms with Gasteiger partial charge in [0, 0.05) is 18.2 Å². The first-order valence-corrected chi connectivity index (χ1v) is 6.06. The summed E-state index contributed by atoms with van der Waals surface area (Å²) < 4.78 is 0. The average Bonchev–Trinajstić information content (AvgIpc) is 3.06. The minimum atomic E-state index is -0.288. The van der Waals surface area contributed by atoms with Gasteiger partial charge in [-0.1, -0.05) is 0 Å². The number of carbonyl (C=O) groups excluding carboxylic acids is 1. The lowest BCUT2D eigenvalue weighted by Gasteiger charge is -2.14. The van der Waals surface area contributed by atoms with Gasteiger partial charge in [0.05, 0.1) is 0 Å². The van der Waals surface area contributed by atoms with Crippen molar-refractivity contribution >= 4 is 5.91 Å². The van der Waals surface area contributed by atoms with E-state index in [1.165, 1.54) is 18.2 Å². The zero-order valence-corrected chi connectivity index (χ0v) is 10.1. The maximum atomic E-state index is 11.9. The molecule has 0 aromatic heterocycles. The Morgan fingerprint density at radius 3 is 2.39 bits per heavy atom. The second-order valence-corrected chi connectivity index (χ2v) is 4.96. The zero-order valence-electron chi connectivity index (χ0n) is 10.1. The van der Waals surface area contributed by atoms with Gasteiger partial charge in [0.1, 0.15) is 11.5 Å². The number of nitrogens with one attached hydrogen (secondary N) is 1. The number of amides is 1. The number of rotatable bonds is 5. The first-order valence-electron chi connectivity index (χ1n) is 6.06. The smallest absolute Gasteiger partial charge is 0.251 e. The van der Waals surface area contributed by atoms with Gasteiger partial charge in [-0.05, 0) is 43.4 Å². The molecule has 1 aliphatic rings. The molecule has 5 N–H and O–H groups in total. The molecular weight excluding hydrogens is 232 g/mol. The van der Waals surface area contributed by atoms with Crippen molar-refractivity contribution in [2.24, 2.45) is 11.1 Å². The van der Waals surface area contributed by atoms with Crippen LogP contribution in [0.1, 0.15) is 29.6 Å². The Kier molecular flexibility index (Phi) is 3.43. The van der Waals surface area contributed by atoms with Crippen molar-refractivity contribution in [1.82, 2.24) is 5.32 Å². The Morgan fingerprint density at radius 2 is 1.89 bits per heavy atom. The largest absolute Gasteiger partial charge is 0.508 e. The Morgan fingerprint density at radius 1 is 1.28 bits per heavy atom. The summed E-state index contributed by atoms with van der Waals surface area (Å²) in [5, 5.41) is 21.4. The van der Waals surface area contributed by atoms with Crippen molar-refractivity contribution in [1.29, 1.82) is 0 Å². The van der Waals surface area contributed by atoms with Crippen LogP contribution in [0.3, 0.4) is 0 Å². The summed E-state index contributed by atoms with van der Waals surface area (Å²) in [4.78, 5) is 11.9. The third-order valence-electron chi connectivity index (χ3n) is 3.42. The zero-order chi connectivity index (χ0) is 13.2. The summed E-state index contributed by atoms with van der Waals surface area (Å²) in [5.74, 6) is -0.531. The van der Waals surface area contributed by atoms with E-state index in [1.54, 1.807) is 0 Å². The van der Waals surface area contributed by atoms with Crippen molar-refractivity contribution < 1.29 is 15.0 Å². The van der Waals surface area contributed by atoms with Gasteiger partial charge in [-0.2, -0.15) is 0 Å². The molecule has 0 heterocycles. The molecule has 0 spiro atoms. The molecule has 1 amide bonds. The molecule has 0 bridgehead atoms. The van der Waals surface area contributed by atoms with Gasteiger partial charge in [0.25, 0.3) is 5.91 Å². The number of benzene rings is 1. The molecule has 0 saturated heterocycles. The first-order chi connectivity index (χ1) is 8.54. The predicted molar refractivity (Wildman–Crippen MR) is 67.4 cm³/mol. The fraction of sp³-hybridized carbons (Fsp3) is 0.462. The highest BCUT2D eigenvalue weighted by atomic mass is 16.3. The summed E-state index contributed by atoms with van der Waals surface area (Å²) in [6, 6.07) is 3.85. The van der Waals surface area contributed by atoms with Crippen LogP contribution in [0.15, 0.2) is 18.2 Å². The molecule has 0 radical (unpaired) electrons. The van der Waals surface area contributed by atoms with E-state index in [4.69, 9.17) is 5.73 Å². The molecule has 5 nitrogen and oxygen atoms in total. The second kappa shape index (κ2) is 4.86. The van der Waals surface area contributed by atoms with Gasteiger partial charge in [-0.15, -0.1) is 0 Å². The highest BCUT2D eigenvalue weighted by Crippen LogP contribution is 2.47. The minimum absolute atomic E-state index is 0.122. The third kappa shape index (κ3) is 2.92. The molecule has 2 rings (SSSR count). The molecule has 0 aliphatic heterocycles. The fourth-order valence-electron chi connectivity index (χ4n) is 2.09. The Balaban J connectivity index is 1.95. The number of hydrogen-bond acceptors (Lipinski definition) is 4. The van der Waals surface area contributed by atoms with E-state index in [0.717, 1.165) is 19.3 Å². The quantitative estimate of drug-likeness (QED) is 0.626. The topological polar surface area (TPSA) is 95.6 Å². The maximum Gasteiger partial charge on any atom is 0.251 e. The Labute approximate surface area is 106 Å². The fourth-order valence-corrected chi connectivity index (χ4v) is 2.09. The Hall–Kier alpha value is -1.75. The van der Waals surface area contributed by atoms with Crippen molar-refractivity contribution in [2.45, 2.75) is 19.3 Å². The van der Waals surface area contributed by atoms with Gasteiger partial charge < -0.3 is 21.3 Å². The monoisotopic (exact) mass is 250 g/mol. The van der Waals surface area contributed by atoms with Gasteiger partial charge in [0.2, 0.25) is 0 Å². The molecular formula is C13H18N2O3. The van der Waals surface area contributed by atoms with E-state index < -0.39 is 0 Å². The van der Waals surface area contributed by atoms with Crippen LogP contribution in [-0.4, -0.2) is 29.2 Å². The van der Waals surface area contributed by atoms with Crippen LogP contribution in [0, 0.1) is 5.41 Å². The summed E-state index contributed by atoms with van der Waals surface area (Å²) in [6.45, 7) is 1.22. The summed E-state index contributed by atoms with van der Waals surface area (Å²) in [5.41, 5.74) is 5.96. The SMILES string of the molecule is NCCC1(CNC(=O)c2cc(O)cc(O)c2)CC1. The molecule has 5 heteroatoms. The summed E-state index contributed by atoms with van der Waals surface area (Å²) in [6.07, 6.45) is 3.10. The van der Waals surface area contributed by atoms with Crippen LogP contribution in [0.4, 0.5) is 0 Å². The van der Waals surface area contributed by atoms with Crippen LogP contribution in [0.2, 0.25) is 0 Å². The highest BCUT2D eigenvalue weighted by molar-refractivity contribution is 5.95. The first kappa shape index (κ1) is 12.7.